The van der Waals surface area contributed by atoms with Gasteiger partial charge in [0.15, 0.2) is 5.82 Å². The molecule has 3 aromatic rings. The van der Waals surface area contributed by atoms with Crippen LogP contribution in [0, 0.1) is 13.8 Å². The van der Waals surface area contributed by atoms with Gasteiger partial charge in [-0.3, -0.25) is 4.79 Å². The van der Waals surface area contributed by atoms with Crippen LogP contribution in [-0.4, -0.2) is 26.5 Å². The lowest BCUT2D eigenvalue weighted by Gasteiger charge is -2.09. The highest BCUT2D eigenvalue weighted by atomic mass is 35.5. The van der Waals surface area contributed by atoms with E-state index in [1.165, 1.54) is 16.4 Å². The second kappa shape index (κ2) is 7.80. The van der Waals surface area contributed by atoms with Crippen molar-refractivity contribution >= 4 is 35.0 Å². The van der Waals surface area contributed by atoms with Crippen molar-refractivity contribution in [1.82, 2.24) is 14.9 Å². The number of amides is 1. The van der Waals surface area contributed by atoms with Crippen molar-refractivity contribution in [1.29, 1.82) is 0 Å². The zero-order valence-electron chi connectivity index (χ0n) is 14.4. The third-order valence-corrected chi connectivity index (χ3v) is 5.20. The Hall–Kier alpha value is -2.51. The predicted octanol–water partition coefficient (Wildman–Crippen LogP) is 3.66. The first-order valence-corrected chi connectivity index (χ1v) is 9.27. The topological polar surface area (TPSA) is 85.8 Å². The van der Waals surface area contributed by atoms with Crippen molar-refractivity contribution in [3.63, 3.8) is 0 Å². The summed E-state index contributed by atoms with van der Waals surface area (Å²) < 4.78 is 1.40. The van der Waals surface area contributed by atoms with Gasteiger partial charge in [0, 0.05) is 16.3 Å². The van der Waals surface area contributed by atoms with Crippen LogP contribution in [-0.2, 0) is 4.79 Å². The molecular formula is C18H18ClN5OS. The maximum Gasteiger partial charge on any atom is 0.234 e. The zero-order valence-corrected chi connectivity index (χ0v) is 15.9. The summed E-state index contributed by atoms with van der Waals surface area (Å²) in [4.78, 5) is 12.2. The lowest BCUT2D eigenvalue weighted by molar-refractivity contribution is -0.113. The Morgan fingerprint density at radius 2 is 1.92 bits per heavy atom. The molecule has 6 nitrogen and oxygen atoms in total. The minimum absolute atomic E-state index is 0.162. The molecule has 1 amide bonds. The van der Waals surface area contributed by atoms with E-state index in [2.05, 4.69) is 15.5 Å². The molecule has 0 bridgehead atoms. The van der Waals surface area contributed by atoms with Gasteiger partial charge in [-0.2, -0.15) is 0 Å². The second-order valence-electron chi connectivity index (χ2n) is 5.79. The number of carbonyl (C=O) groups excluding carboxylic acids is 1. The van der Waals surface area contributed by atoms with E-state index in [0.717, 1.165) is 16.7 Å². The molecule has 8 heteroatoms. The van der Waals surface area contributed by atoms with E-state index in [-0.39, 0.29) is 11.7 Å². The number of carbonyl (C=O) groups is 1. The number of anilines is 1. The number of aryl methyl sites for hydroxylation is 1. The Labute approximate surface area is 160 Å². The van der Waals surface area contributed by atoms with Crippen LogP contribution in [0.1, 0.15) is 11.1 Å². The number of thioether (sulfide) groups is 1. The summed E-state index contributed by atoms with van der Waals surface area (Å²) in [6, 6.07) is 13.2. The molecule has 2 aromatic carbocycles. The Morgan fingerprint density at radius 1 is 1.19 bits per heavy atom. The van der Waals surface area contributed by atoms with Gasteiger partial charge in [-0.1, -0.05) is 59.3 Å². The molecule has 3 N–H and O–H groups in total. The molecule has 0 fully saturated rings. The predicted molar refractivity (Wildman–Crippen MR) is 106 cm³/mol. The number of hydrogen-bond donors (Lipinski definition) is 2. The van der Waals surface area contributed by atoms with E-state index >= 15 is 0 Å². The van der Waals surface area contributed by atoms with Gasteiger partial charge in [-0.05, 0) is 31.5 Å². The van der Waals surface area contributed by atoms with E-state index in [0.29, 0.717) is 21.7 Å². The fourth-order valence-electron chi connectivity index (χ4n) is 2.33. The molecule has 26 heavy (non-hydrogen) atoms. The van der Waals surface area contributed by atoms with E-state index in [4.69, 9.17) is 17.4 Å². The number of aromatic nitrogens is 3. The number of hydrogen-bond acceptors (Lipinski definition) is 5. The molecule has 0 radical (unpaired) electrons. The van der Waals surface area contributed by atoms with Crippen LogP contribution in [0.2, 0.25) is 5.02 Å². The third kappa shape index (κ3) is 4.00. The maximum absolute atomic E-state index is 12.2. The molecular weight excluding hydrogens is 370 g/mol. The highest BCUT2D eigenvalue weighted by Crippen LogP contribution is 2.24. The smallest absolute Gasteiger partial charge is 0.234 e. The molecule has 0 aliphatic carbocycles. The van der Waals surface area contributed by atoms with Crippen LogP contribution in [0.25, 0.3) is 11.4 Å². The summed E-state index contributed by atoms with van der Waals surface area (Å²) in [6.07, 6.45) is 0. The van der Waals surface area contributed by atoms with Gasteiger partial charge in [0.2, 0.25) is 11.1 Å². The van der Waals surface area contributed by atoms with Crippen molar-refractivity contribution in [2.45, 2.75) is 19.0 Å². The van der Waals surface area contributed by atoms with E-state index in [9.17, 15) is 4.79 Å². The van der Waals surface area contributed by atoms with Gasteiger partial charge in [0.25, 0.3) is 0 Å². The molecule has 0 unspecified atom stereocenters. The SMILES string of the molecule is Cc1ccc(-c2nnc(SCC(=O)Nc3cccc(Cl)c3C)n2N)cc1. The molecule has 0 saturated carbocycles. The Bertz CT molecular complexity index is 939. The summed E-state index contributed by atoms with van der Waals surface area (Å²) >= 11 is 7.29. The van der Waals surface area contributed by atoms with Crippen LogP contribution in [0.4, 0.5) is 5.69 Å². The maximum atomic E-state index is 12.2. The molecule has 0 aliphatic heterocycles. The zero-order chi connectivity index (χ0) is 18.7. The minimum atomic E-state index is -0.166. The molecule has 3 rings (SSSR count). The molecule has 0 aliphatic rings. The van der Waals surface area contributed by atoms with Crippen molar-refractivity contribution in [3.05, 3.63) is 58.6 Å². The van der Waals surface area contributed by atoms with Gasteiger partial charge in [-0.15, -0.1) is 10.2 Å². The average molecular weight is 388 g/mol. The van der Waals surface area contributed by atoms with Gasteiger partial charge in [0.05, 0.1) is 5.75 Å². The Morgan fingerprint density at radius 3 is 2.65 bits per heavy atom. The van der Waals surface area contributed by atoms with Crippen molar-refractivity contribution in [3.8, 4) is 11.4 Å². The lowest BCUT2D eigenvalue weighted by atomic mass is 10.1. The minimum Gasteiger partial charge on any atom is -0.335 e. The lowest BCUT2D eigenvalue weighted by Crippen LogP contribution is -2.17. The monoisotopic (exact) mass is 387 g/mol. The first kappa shape index (κ1) is 18.3. The van der Waals surface area contributed by atoms with Gasteiger partial charge < -0.3 is 11.2 Å². The van der Waals surface area contributed by atoms with Gasteiger partial charge in [-0.25, -0.2) is 4.68 Å². The summed E-state index contributed by atoms with van der Waals surface area (Å²) in [5.74, 6) is 6.63. The quantitative estimate of drug-likeness (QED) is 0.515. The molecule has 0 spiro atoms. The highest BCUT2D eigenvalue weighted by molar-refractivity contribution is 7.99. The van der Waals surface area contributed by atoms with Crippen molar-refractivity contribution in [2.24, 2.45) is 0 Å². The van der Waals surface area contributed by atoms with E-state index in [1.807, 2.05) is 44.2 Å². The number of benzene rings is 2. The molecule has 0 atom stereocenters. The van der Waals surface area contributed by atoms with Gasteiger partial charge in [0.1, 0.15) is 0 Å². The number of nitrogens with zero attached hydrogens (tertiary/aromatic N) is 3. The second-order valence-corrected chi connectivity index (χ2v) is 7.14. The average Bonchev–Trinajstić information content (AvgIpc) is 2.99. The van der Waals surface area contributed by atoms with Crippen LogP contribution < -0.4 is 11.2 Å². The Balaban J connectivity index is 1.66. The fraction of sp³-hybridized carbons (Fsp3) is 0.167. The standard InChI is InChI=1S/C18H18ClN5OS/c1-11-6-8-13(9-7-11)17-22-23-18(24(17)20)26-10-16(25)21-15-5-3-4-14(19)12(15)2/h3-9H,10,20H2,1-2H3,(H,21,25). The number of nitrogen functional groups attached to an aromatic ring is 1. The highest BCUT2D eigenvalue weighted by Gasteiger charge is 2.14. The van der Waals surface area contributed by atoms with E-state index in [1.54, 1.807) is 12.1 Å². The molecule has 1 aromatic heterocycles. The van der Waals surface area contributed by atoms with Crippen LogP contribution in [0.3, 0.4) is 0 Å². The molecule has 0 saturated heterocycles. The summed E-state index contributed by atoms with van der Waals surface area (Å²) in [6.45, 7) is 3.87. The summed E-state index contributed by atoms with van der Waals surface area (Å²) in [7, 11) is 0. The molecule has 134 valence electrons. The first-order chi connectivity index (χ1) is 12.5. The first-order valence-electron chi connectivity index (χ1n) is 7.91. The number of nitrogens with one attached hydrogen (secondary N) is 1. The normalized spacial score (nSPS) is 10.7. The number of nitrogens with two attached hydrogens (primary N) is 1. The summed E-state index contributed by atoms with van der Waals surface area (Å²) in [5.41, 5.74) is 3.55. The Kier molecular flexibility index (Phi) is 5.49. The largest absolute Gasteiger partial charge is 0.335 e. The van der Waals surface area contributed by atoms with Crippen LogP contribution in [0.5, 0.6) is 0 Å². The van der Waals surface area contributed by atoms with Crippen molar-refractivity contribution in [2.75, 3.05) is 16.9 Å². The van der Waals surface area contributed by atoms with Gasteiger partial charge >= 0.3 is 0 Å². The van der Waals surface area contributed by atoms with Crippen LogP contribution in [0.15, 0.2) is 47.6 Å². The third-order valence-electron chi connectivity index (χ3n) is 3.85. The summed E-state index contributed by atoms with van der Waals surface area (Å²) in [5, 5.41) is 12.1. The number of halogens is 1. The van der Waals surface area contributed by atoms with E-state index < -0.39 is 0 Å². The van der Waals surface area contributed by atoms with Crippen LogP contribution >= 0.6 is 23.4 Å². The van der Waals surface area contributed by atoms with Crippen molar-refractivity contribution < 1.29 is 4.79 Å². The fourth-order valence-corrected chi connectivity index (χ4v) is 3.17. The molecule has 1 heterocycles. The number of rotatable bonds is 5.